The Morgan fingerprint density at radius 3 is 2.92 bits per heavy atom. The van der Waals surface area contributed by atoms with Crippen LogP contribution in [0.4, 0.5) is 0 Å². The average molecular weight is 401 g/mol. The Balaban J connectivity index is 2.17. The van der Waals surface area contributed by atoms with Crippen molar-refractivity contribution in [2.75, 3.05) is 7.11 Å². The molecule has 0 atom stereocenters. The van der Waals surface area contributed by atoms with E-state index in [1.165, 1.54) is 18.4 Å². The maximum absolute atomic E-state index is 12.6. The molecule has 0 saturated heterocycles. The highest BCUT2D eigenvalue weighted by molar-refractivity contribution is 9.10. The largest absolute Gasteiger partial charge is 0.496 e. The molecule has 3 aromatic rings. The Morgan fingerprint density at radius 1 is 1.38 bits per heavy atom. The van der Waals surface area contributed by atoms with Crippen molar-refractivity contribution < 1.29 is 9.53 Å². The van der Waals surface area contributed by atoms with Crippen LogP contribution in [0.5, 0.6) is 5.75 Å². The molecule has 2 aromatic carbocycles. The van der Waals surface area contributed by atoms with Gasteiger partial charge in [-0.1, -0.05) is 45.3 Å². The maximum atomic E-state index is 12.6. The molecule has 0 unspecified atom stereocenters. The number of aromatic nitrogens is 1. The number of ether oxygens (including phenoxy) is 1. The first kappa shape index (κ1) is 16.5. The number of para-hydroxylation sites is 1. The fraction of sp³-hybridized carbons (Fsp3) is 0.111. The molecule has 4 nitrogen and oxygen atoms in total. The van der Waals surface area contributed by atoms with Crippen LogP contribution in [-0.4, -0.2) is 17.6 Å². The van der Waals surface area contributed by atoms with E-state index in [2.05, 4.69) is 26.8 Å². The molecule has 0 radical (unpaired) electrons. The molecule has 0 spiro atoms. The quantitative estimate of drug-likeness (QED) is 0.626. The van der Waals surface area contributed by atoms with Gasteiger partial charge in [-0.15, -0.1) is 6.42 Å². The van der Waals surface area contributed by atoms with Crippen LogP contribution in [0.15, 0.2) is 51.9 Å². The molecule has 0 aliphatic carbocycles. The highest BCUT2D eigenvalue weighted by Gasteiger charge is 2.12. The normalized spacial score (nSPS) is 11.5. The lowest BCUT2D eigenvalue weighted by atomic mass is 10.2. The highest BCUT2D eigenvalue weighted by Crippen LogP contribution is 2.23. The third-order valence-electron chi connectivity index (χ3n) is 3.43. The van der Waals surface area contributed by atoms with Crippen molar-refractivity contribution in [1.29, 1.82) is 0 Å². The second-order valence-corrected chi connectivity index (χ2v) is 6.83. The number of carbonyl (C=O) groups excluding carboxylic acids is 1. The SMILES string of the molecule is C#CCn1c(=NC(=O)c2ccccc2OC)sc2cc(Br)ccc21. The molecule has 1 amide bonds. The molecule has 24 heavy (non-hydrogen) atoms. The van der Waals surface area contributed by atoms with Crippen molar-refractivity contribution in [2.24, 2.45) is 4.99 Å². The van der Waals surface area contributed by atoms with E-state index >= 15 is 0 Å². The number of nitrogens with zero attached hydrogens (tertiary/aromatic N) is 2. The maximum Gasteiger partial charge on any atom is 0.283 e. The van der Waals surface area contributed by atoms with E-state index in [0.717, 1.165) is 14.7 Å². The molecule has 3 rings (SSSR count). The molecule has 0 saturated carbocycles. The number of methoxy groups -OCH3 is 1. The molecule has 0 aliphatic heterocycles. The van der Waals surface area contributed by atoms with Crippen molar-refractivity contribution in [3.63, 3.8) is 0 Å². The Kier molecular flexibility index (Phi) is 4.84. The zero-order valence-electron chi connectivity index (χ0n) is 12.8. The Labute approximate surface area is 151 Å². The second kappa shape index (κ2) is 7.04. The van der Waals surface area contributed by atoms with Crippen LogP contribution < -0.4 is 9.54 Å². The number of hydrogen-bond acceptors (Lipinski definition) is 3. The van der Waals surface area contributed by atoms with Crippen molar-refractivity contribution in [3.8, 4) is 18.1 Å². The summed E-state index contributed by atoms with van der Waals surface area (Å²) < 4.78 is 9.06. The third-order valence-corrected chi connectivity index (χ3v) is 4.96. The molecule has 0 fully saturated rings. The molecular weight excluding hydrogens is 388 g/mol. The number of carbonyl (C=O) groups is 1. The summed E-state index contributed by atoms with van der Waals surface area (Å²) in [5.41, 5.74) is 1.37. The number of thiazole rings is 1. The van der Waals surface area contributed by atoms with E-state index in [4.69, 9.17) is 11.2 Å². The zero-order valence-corrected chi connectivity index (χ0v) is 15.2. The number of halogens is 1. The molecular formula is C18H13BrN2O2S. The molecule has 0 aliphatic rings. The Bertz CT molecular complexity index is 1030. The predicted octanol–water partition coefficient (Wildman–Crippen LogP) is 3.85. The fourth-order valence-electron chi connectivity index (χ4n) is 2.34. The van der Waals surface area contributed by atoms with Gasteiger partial charge in [0.25, 0.3) is 5.91 Å². The van der Waals surface area contributed by atoms with Gasteiger partial charge in [0.05, 0.1) is 29.4 Å². The number of terminal acetylenes is 1. The second-order valence-electron chi connectivity index (χ2n) is 4.90. The standard InChI is InChI=1S/C18H13BrN2O2S/c1-3-10-21-14-9-8-12(19)11-16(14)24-18(21)20-17(22)13-6-4-5-7-15(13)23-2/h1,4-9,11H,10H2,2H3. The zero-order chi connectivity index (χ0) is 17.1. The highest BCUT2D eigenvalue weighted by atomic mass is 79.9. The van der Waals surface area contributed by atoms with E-state index in [1.807, 2.05) is 28.8 Å². The van der Waals surface area contributed by atoms with Crippen molar-refractivity contribution in [2.45, 2.75) is 6.54 Å². The van der Waals surface area contributed by atoms with Gasteiger partial charge in [0.15, 0.2) is 4.80 Å². The van der Waals surface area contributed by atoms with Crippen molar-refractivity contribution in [1.82, 2.24) is 4.57 Å². The lowest BCUT2D eigenvalue weighted by Gasteiger charge is -2.04. The van der Waals surface area contributed by atoms with Crippen molar-refractivity contribution >= 4 is 43.4 Å². The summed E-state index contributed by atoms with van der Waals surface area (Å²) in [6, 6.07) is 12.9. The summed E-state index contributed by atoms with van der Waals surface area (Å²) in [4.78, 5) is 17.4. The smallest absolute Gasteiger partial charge is 0.283 e. The fourth-order valence-corrected chi connectivity index (χ4v) is 3.92. The molecule has 120 valence electrons. The minimum Gasteiger partial charge on any atom is -0.496 e. The number of benzene rings is 2. The summed E-state index contributed by atoms with van der Waals surface area (Å²) in [7, 11) is 1.53. The van der Waals surface area contributed by atoms with Gasteiger partial charge in [0.1, 0.15) is 5.75 Å². The number of fused-ring (bicyclic) bond motifs is 1. The number of rotatable bonds is 3. The van der Waals surface area contributed by atoms with Gasteiger partial charge < -0.3 is 9.30 Å². The summed E-state index contributed by atoms with van der Waals surface area (Å²) in [6.07, 6.45) is 5.48. The average Bonchev–Trinajstić information content (AvgIpc) is 2.91. The number of amides is 1. The summed E-state index contributed by atoms with van der Waals surface area (Å²) in [5.74, 6) is 2.76. The van der Waals surface area contributed by atoms with E-state index in [-0.39, 0.29) is 5.91 Å². The minimum absolute atomic E-state index is 0.347. The van der Waals surface area contributed by atoms with Gasteiger partial charge in [-0.25, -0.2) is 0 Å². The Morgan fingerprint density at radius 2 is 2.17 bits per heavy atom. The minimum atomic E-state index is -0.358. The summed E-state index contributed by atoms with van der Waals surface area (Å²) in [6.45, 7) is 0.347. The molecule has 1 heterocycles. The van der Waals surface area contributed by atoms with Gasteiger partial charge in [0.2, 0.25) is 0 Å². The van der Waals surface area contributed by atoms with E-state index in [0.29, 0.717) is 22.7 Å². The molecule has 0 N–H and O–H groups in total. The van der Waals surface area contributed by atoms with Crippen LogP contribution in [0.3, 0.4) is 0 Å². The van der Waals surface area contributed by atoms with E-state index in [9.17, 15) is 4.79 Å². The van der Waals surface area contributed by atoms with Gasteiger partial charge in [-0.2, -0.15) is 4.99 Å². The van der Waals surface area contributed by atoms with Crippen LogP contribution >= 0.6 is 27.3 Å². The van der Waals surface area contributed by atoms with Gasteiger partial charge in [0, 0.05) is 4.47 Å². The predicted molar refractivity (Wildman–Crippen MR) is 99.2 cm³/mol. The lowest BCUT2D eigenvalue weighted by Crippen LogP contribution is -2.16. The van der Waals surface area contributed by atoms with Crippen LogP contribution in [0.25, 0.3) is 10.2 Å². The van der Waals surface area contributed by atoms with E-state index < -0.39 is 0 Å². The Hall–Kier alpha value is -2.36. The van der Waals surface area contributed by atoms with Gasteiger partial charge in [-0.05, 0) is 30.3 Å². The van der Waals surface area contributed by atoms with Gasteiger partial charge >= 0.3 is 0 Å². The summed E-state index contributed by atoms with van der Waals surface area (Å²) >= 11 is 4.88. The topological polar surface area (TPSA) is 43.6 Å². The molecule has 1 aromatic heterocycles. The monoisotopic (exact) mass is 400 g/mol. The van der Waals surface area contributed by atoms with Crippen LogP contribution in [0.1, 0.15) is 10.4 Å². The number of hydrogen-bond donors (Lipinski definition) is 0. The van der Waals surface area contributed by atoms with Crippen molar-refractivity contribution in [3.05, 3.63) is 57.3 Å². The summed E-state index contributed by atoms with van der Waals surface area (Å²) in [5, 5.41) is 0. The molecule has 6 heteroatoms. The third kappa shape index (κ3) is 3.14. The first-order chi connectivity index (χ1) is 11.6. The van der Waals surface area contributed by atoms with Gasteiger partial charge in [-0.3, -0.25) is 4.79 Å². The van der Waals surface area contributed by atoms with E-state index in [1.54, 1.807) is 18.2 Å². The first-order valence-electron chi connectivity index (χ1n) is 7.08. The first-order valence-corrected chi connectivity index (χ1v) is 8.69. The van der Waals surface area contributed by atoms with Crippen LogP contribution in [-0.2, 0) is 6.54 Å². The van der Waals surface area contributed by atoms with Crippen LogP contribution in [0.2, 0.25) is 0 Å². The lowest BCUT2D eigenvalue weighted by molar-refractivity contribution is 0.0995. The molecule has 0 bridgehead atoms. The van der Waals surface area contributed by atoms with Crippen LogP contribution in [0, 0.1) is 12.3 Å².